The highest BCUT2D eigenvalue weighted by molar-refractivity contribution is 5.80. The molecule has 1 aliphatic heterocycles. The normalized spacial score (nSPS) is 13.3. The van der Waals surface area contributed by atoms with Crippen LogP contribution in [-0.2, 0) is 4.79 Å². The first-order valence-corrected chi connectivity index (χ1v) is 10.7. The zero-order valence-electron chi connectivity index (χ0n) is 19.6. The second-order valence-corrected chi connectivity index (χ2v) is 7.97. The molecule has 36 heavy (non-hydrogen) atoms. The van der Waals surface area contributed by atoms with Crippen molar-refractivity contribution in [1.29, 1.82) is 0 Å². The maximum absolute atomic E-state index is 10.6. The van der Waals surface area contributed by atoms with Crippen molar-refractivity contribution in [3.63, 3.8) is 0 Å². The summed E-state index contributed by atoms with van der Waals surface area (Å²) in [6, 6.07) is 12.4. The molecule has 4 N–H and O–H groups in total. The predicted molar refractivity (Wildman–Crippen MR) is 128 cm³/mol. The van der Waals surface area contributed by atoms with Crippen LogP contribution in [0.25, 0.3) is 22.2 Å². The third-order valence-corrected chi connectivity index (χ3v) is 5.50. The molecule has 3 aromatic heterocycles. The van der Waals surface area contributed by atoms with Gasteiger partial charge in [0.15, 0.2) is 0 Å². The number of anilines is 1. The van der Waals surface area contributed by atoms with Gasteiger partial charge in [0.05, 0.1) is 22.6 Å². The summed E-state index contributed by atoms with van der Waals surface area (Å²) in [6.45, 7) is 5.65. The van der Waals surface area contributed by atoms with Crippen LogP contribution in [0.2, 0.25) is 0 Å². The van der Waals surface area contributed by atoms with Crippen LogP contribution in [0.4, 0.5) is 19.0 Å². The minimum atomic E-state index is -5.08. The first-order chi connectivity index (χ1) is 16.6. The van der Waals surface area contributed by atoms with Gasteiger partial charge in [0.1, 0.15) is 11.6 Å². The van der Waals surface area contributed by atoms with E-state index in [1.54, 1.807) is 12.4 Å². The van der Waals surface area contributed by atoms with Crippen molar-refractivity contribution >= 4 is 22.7 Å². The Hall–Kier alpha value is -4.19. The summed E-state index contributed by atoms with van der Waals surface area (Å²) < 4.78 is 31.7. The lowest BCUT2D eigenvalue weighted by Crippen LogP contribution is -2.46. The summed E-state index contributed by atoms with van der Waals surface area (Å²) in [5, 5.41) is 8.29. The summed E-state index contributed by atoms with van der Waals surface area (Å²) in [5.74, 6) is -0.663. The molecular weight excluding hydrogens is 475 g/mol. The molecule has 1 saturated heterocycles. The highest BCUT2D eigenvalue weighted by Gasteiger charge is 2.38. The SMILES string of the molecule is Cc1ncc(-c2nccnc2C2CN(c3ccc4ccccc4n3)C2)c(C)n1.N.O=C(O)C(F)(F)F. The third-order valence-electron chi connectivity index (χ3n) is 5.50. The van der Waals surface area contributed by atoms with E-state index in [2.05, 4.69) is 49.1 Å². The van der Waals surface area contributed by atoms with Gasteiger partial charge >= 0.3 is 12.1 Å². The number of rotatable bonds is 3. The molecule has 0 aliphatic carbocycles. The Morgan fingerprint density at radius 1 is 1.00 bits per heavy atom. The van der Waals surface area contributed by atoms with Crippen molar-refractivity contribution in [1.82, 2.24) is 31.1 Å². The zero-order valence-corrected chi connectivity index (χ0v) is 19.6. The summed E-state index contributed by atoms with van der Waals surface area (Å²) >= 11 is 0. The number of aliphatic carboxylic acids is 1. The molecule has 1 aromatic carbocycles. The minimum absolute atomic E-state index is 0. The predicted octanol–water partition coefficient (Wildman–Crippen LogP) is 4.50. The fourth-order valence-corrected chi connectivity index (χ4v) is 3.74. The van der Waals surface area contributed by atoms with Gasteiger partial charge in [-0.1, -0.05) is 18.2 Å². The summed E-state index contributed by atoms with van der Waals surface area (Å²) in [6.07, 6.45) is 0.270. The Kier molecular flexibility index (Phi) is 7.78. The number of halogens is 3. The Morgan fingerprint density at radius 2 is 1.67 bits per heavy atom. The number of fused-ring (bicyclic) bond motifs is 1. The average Bonchev–Trinajstić information content (AvgIpc) is 2.78. The number of alkyl halides is 3. The number of pyridine rings is 1. The molecule has 0 atom stereocenters. The number of carboxylic acid groups (broad SMARTS) is 1. The molecule has 4 aromatic rings. The Morgan fingerprint density at radius 3 is 2.33 bits per heavy atom. The Balaban J connectivity index is 0.000000400. The molecule has 1 aliphatic rings. The molecule has 0 amide bonds. The van der Waals surface area contributed by atoms with Crippen molar-refractivity contribution in [2.45, 2.75) is 25.9 Å². The third kappa shape index (κ3) is 5.71. The number of hydrogen-bond acceptors (Lipinski definition) is 8. The minimum Gasteiger partial charge on any atom is -0.475 e. The number of nitrogens with zero attached hydrogens (tertiary/aromatic N) is 6. The second-order valence-electron chi connectivity index (χ2n) is 7.97. The van der Waals surface area contributed by atoms with E-state index in [1.165, 1.54) is 0 Å². The van der Waals surface area contributed by atoms with Gasteiger partial charge in [-0.15, -0.1) is 0 Å². The summed E-state index contributed by atoms with van der Waals surface area (Å²) in [4.78, 5) is 34.1. The van der Waals surface area contributed by atoms with Crippen LogP contribution in [0.15, 0.2) is 55.0 Å². The zero-order chi connectivity index (χ0) is 25.2. The lowest BCUT2D eigenvalue weighted by Gasteiger charge is -2.40. The number of aryl methyl sites for hydroxylation is 2. The molecule has 0 bridgehead atoms. The molecule has 0 spiro atoms. The molecule has 4 heterocycles. The average molecular weight is 499 g/mol. The highest BCUT2D eigenvalue weighted by Crippen LogP contribution is 2.35. The number of benzene rings is 1. The van der Waals surface area contributed by atoms with Gasteiger partial charge in [-0.25, -0.2) is 19.7 Å². The van der Waals surface area contributed by atoms with Crippen molar-refractivity contribution < 1.29 is 23.1 Å². The van der Waals surface area contributed by atoms with Crippen molar-refractivity contribution in [2.24, 2.45) is 0 Å². The molecule has 5 rings (SSSR count). The number of aromatic nitrogens is 5. The fraction of sp³-hybridized carbons (Fsp3) is 0.250. The molecule has 9 nitrogen and oxygen atoms in total. The van der Waals surface area contributed by atoms with Crippen LogP contribution >= 0.6 is 0 Å². The monoisotopic (exact) mass is 499 g/mol. The van der Waals surface area contributed by atoms with Gasteiger partial charge in [0.25, 0.3) is 0 Å². The van der Waals surface area contributed by atoms with Crippen LogP contribution < -0.4 is 11.1 Å². The van der Waals surface area contributed by atoms with E-state index >= 15 is 0 Å². The lowest BCUT2D eigenvalue weighted by atomic mass is 9.92. The number of carboxylic acids is 1. The van der Waals surface area contributed by atoms with Crippen LogP contribution in [0.5, 0.6) is 0 Å². The van der Waals surface area contributed by atoms with Crippen molar-refractivity contribution in [3.8, 4) is 11.3 Å². The largest absolute Gasteiger partial charge is 0.490 e. The van der Waals surface area contributed by atoms with E-state index in [1.807, 2.05) is 32.2 Å². The molecule has 12 heteroatoms. The van der Waals surface area contributed by atoms with Crippen LogP contribution in [0.3, 0.4) is 0 Å². The first-order valence-electron chi connectivity index (χ1n) is 10.7. The van der Waals surface area contributed by atoms with Gasteiger partial charge in [-0.3, -0.25) is 9.97 Å². The number of hydrogen-bond donors (Lipinski definition) is 2. The van der Waals surface area contributed by atoms with Gasteiger partial charge in [0, 0.05) is 48.5 Å². The van der Waals surface area contributed by atoms with Gasteiger partial charge < -0.3 is 16.2 Å². The fourth-order valence-electron chi connectivity index (χ4n) is 3.74. The summed E-state index contributed by atoms with van der Waals surface area (Å²) in [7, 11) is 0. The lowest BCUT2D eigenvalue weighted by molar-refractivity contribution is -0.192. The quantitative estimate of drug-likeness (QED) is 0.417. The van der Waals surface area contributed by atoms with E-state index in [9.17, 15) is 13.2 Å². The van der Waals surface area contributed by atoms with Gasteiger partial charge in [0.2, 0.25) is 0 Å². The molecule has 188 valence electrons. The molecule has 0 radical (unpaired) electrons. The topological polar surface area (TPSA) is 140 Å². The van der Waals surface area contributed by atoms with Crippen molar-refractivity contribution in [3.05, 3.63) is 72.2 Å². The molecule has 0 unspecified atom stereocenters. The first kappa shape index (κ1) is 26.4. The van der Waals surface area contributed by atoms with E-state index in [-0.39, 0.29) is 6.15 Å². The van der Waals surface area contributed by atoms with Crippen molar-refractivity contribution in [2.75, 3.05) is 18.0 Å². The van der Waals surface area contributed by atoms with Crippen LogP contribution in [0, 0.1) is 13.8 Å². The van der Waals surface area contributed by atoms with E-state index in [0.717, 1.165) is 58.3 Å². The van der Waals surface area contributed by atoms with Gasteiger partial charge in [-0.05, 0) is 32.0 Å². The molecule has 0 saturated carbocycles. The molecule has 1 fully saturated rings. The highest BCUT2D eigenvalue weighted by atomic mass is 19.4. The van der Waals surface area contributed by atoms with E-state index in [0.29, 0.717) is 5.92 Å². The maximum atomic E-state index is 10.6. The van der Waals surface area contributed by atoms with Crippen LogP contribution in [-0.4, -0.2) is 55.3 Å². The van der Waals surface area contributed by atoms with Crippen LogP contribution in [0.1, 0.15) is 23.1 Å². The number of para-hydroxylation sites is 1. The smallest absolute Gasteiger partial charge is 0.475 e. The number of carbonyl (C=O) groups is 1. The molecular formula is C24H24F3N7O2. The summed E-state index contributed by atoms with van der Waals surface area (Å²) in [5.41, 5.74) is 4.81. The second kappa shape index (κ2) is 10.6. The van der Waals surface area contributed by atoms with E-state index in [4.69, 9.17) is 14.9 Å². The van der Waals surface area contributed by atoms with E-state index < -0.39 is 12.1 Å². The standard InChI is InChI=1S/C22H20N6.C2HF3O2.H3N/c1-14-18(11-25-15(2)26-14)22-21(23-9-10-24-22)17-12-28(13-17)20-8-7-16-5-3-4-6-19(16)27-20;3-2(4,5)1(6)7;/h3-11,17H,12-13H2,1-2H3;(H,6,7);1H3. The Bertz CT molecular complexity index is 1380. The Labute approximate surface area is 204 Å². The maximum Gasteiger partial charge on any atom is 0.490 e. The van der Waals surface area contributed by atoms with Gasteiger partial charge in [-0.2, -0.15) is 13.2 Å².